The molecule has 1 aromatic rings. The maximum Gasteiger partial charge on any atom is 0.124 e. The Hall–Kier alpha value is -1.02. The fourth-order valence-electron chi connectivity index (χ4n) is 2.21. The molecule has 0 spiro atoms. The largest absolute Gasteiger partial charge is 0.491 e. The van der Waals surface area contributed by atoms with Gasteiger partial charge in [-0.25, -0.2) is 0 Å². The van der Waals surface area contributed by atoms with Crippen LogP contribution in [0.5, 0.6) is 5.75 Å². The lowest BCUT2D eigenvalue weighted by molar-refractivity contribution is 0.202. The highest BCUT2D eigenvalue weighted by Gasteiger charge is 2.30. The van der Waals surface area contributed by atoms with Crippen molar-refractivity contribution in [1.82, 2.24) is 5.32 Å². The molecule has 2 rings (SSSR count). The molecule has 0 aromatic heterocycles. The van der Waals surface area contributed by atoms with Crippen LogP contribution in [0.4, 0.5) is 0 Å². The summed E-state index contributed by atoms with van der Waals surface area (Å²) in [5.41, 5.74) is 1.61. The minimum atomic E-state index is 0.232. The van der Waals surface area contributed by atoms with Crippen LogP contribution in [0.1, 0.15) is 45.6 Å². The first-order valence-electron chi connectivity index (χ1n) is 6.59. The number of benzene rings is 1. The zero-order valence-electron chi connectivity index (χ0n) is 11.1. The van der Waals surface area contributed by atoms with Gasteiger partial charge in [-0.1, -0.05) is 18.2 Å². The second-order valence-electron chi connectivity index (χ2n) is 5.54. The standard InChI is InChI=1S/C15H23NO/c1-12(2)17-14-8-5-4-7-13(14)11-16-15(3)9-6-10-15/h4-5,7-8,12,16H,6,9-11H2,1-3H3. The van der Waals surface area contributed by atoms with Crippen LogP contribution >= 0.6 is 0 Å². The van der Waals surface area contributed by atoms with Crippen LogP contribution in [0.25, 0.3) is 0 Å². The summed E-state index contributed by atoms with van der Waals surface area (Å²) in [5, 5.41) is 3.65. The molecule has 2 heteroatoms. The Labute approximate surface area is 104 Å². The molecule has 1 fully saturated rings. The van der Waals surface area contributed by atoms with E-state index < -0.39 is 0 Å². The van der Waals surface area contributed by atoms with E-state index in [2.05, 4.69) is 44.3 Å². The highest BCUT2D eigenvalue weighted by molar-refractivity contribution is 5.33. The number of nitrogens with one attached hydrogen (secondary N) is 1. The molecular formula is C15H23NO. The van der Waals surface area contributed by atoms with Gasteiger partial charge in [-0.05, 0) is 46.1 Å². The van der Waals surface area contributed by atoms with Crippen molar-refractivity contribution >= 4 is 0 Å². The maximum atomic E-state index is 5.82. The minimum Gasteiger partial charge on any atom is -0.491 e. The van der Waals surface area contributed by atoms with Gasteiger partial charge in [0.25, 0.3) is 0 Å². The van der Waals surface area contributed by atoms with Crippen LogP contribution in [-0.4, -0.2) is 11.6 Å². The molecule has 0 aliphatic heterocycles. The van der Waals surface area contributed by atoms with Crippen molar-refractivity contribution in [3.63, 3.8) is 0 Å². The van der Waals surface area contributed by atoms with E-state index >= 15 is 0 Å². The molecule has 0 amide bonds. The molecule has 1 saturated carbocycles. The Balaban J connectivity index is 1.99. The summed E-state index contributed by atoms with van der Waals surface area (Å²) < 4.78 is 5.82. The average molecular weight is 233 g/mol. The third kappa shape index (κ3) is 3.22. The number of hydrogen-bond acceptors (Lipinski definition) is 2. The van der Waals surface area contributed by atoms with Crippen molar-refractivity contribution in [2.24, 2.45) is 0 Å². The lowest BCUT2D eigenvalue weighted by Crippen LogP contribution is -2.47. The van der Waals surface area contributed by atoms with Crippen molar-refractivity contribution in [2.45, 2.75) is 58.2 Å². The van der Waals surface area contributed by atoms with Crippen molar-refractivity contribution in [2.75, 3.05) is 0 Å². The normalized spacial score (nSPS) is 17.9. The molecule has 2 nitrogen and oxygen atoms in total. The van der Waals surface area contributed by atoms with Gasteiger partial charge in [0.15, 0.2) is 0 Å². The first-order valence-corrected chi connectivity index (χ1v) is 6.59. The van der Waals surface area contributed by atoms with Crippen LogP contribution in [-0.2, 0) is 6.54 Å². The van der Waals surface area contributed by atoms with Crippen molar-refractivity contribution in [3.8, 4) is 5.75 Å². The van der Waals surface area contributed by atoms with Gasteiger partial charge < -0.3 is 10.1 Å². The molecule has 94 valence electrons. The highest BCUT2D eigenvalue weighted by atomic mass is 16.5. The summed E-state index contributed by atoms with van der Waals surface area (Å²) in [5.74, 6) is 1.01. The molecule has 0 saturated heterocycles. The topological polar surface area (TPSA) is 21.3 Å². The summed E-state index contributed by atoms with van der Waals surface area (Å²) in [6.45, 7) is 7.34. The summed E-state index contributed by atoms with van der Waals surface area (Å²) in [7, 11) is 0. The Bertz CT molecular complexity index is 369. The van der Waals surface area contributed by atoms with Gasteiger partial charge in [-0.15, -0.1) is 0 Å². The van der Waals surface area contributed by atoms with Gasteiger partial charge in [0, 0.05) is 17.6 Å². The predicted octanol–water partition coefficient (Wildman–Crippen LogP) is 3.51. The van der Waals surface area contributed by atoms with E-state index in [9.17, 15) is 0 Å². The summed E-state index contributed by atoms with van der Waals surface area (Å²) >= 11 is 0. The first-order chi connectivity index (χ1) is 8.09. The van der Waals surface area contributed by atoms with Crippen LogP contribution in [0, 0.1) is 0 Å². The second kappa shape index (κ2) is 5.09. The zero-order chi connectivity index (χ0) is 12.3. The quantitative estimate of drug-likeness (QED) is 0.840. The van der Waals surface area contributed by atoms with Gasteiger partial charge in [0.1, 0.15) is 5.75 Å². The summed E-state index contributed by atoms with van der Waals surface area (Å²) in [6.07, 6.45) is 4.17. The van der Waals surface area contributed by atoms with E-state index in [1.165, 1.54) is 24.8 Å². The van der Waals surface area contributed by atoms with Gasteiger partial charge in [0.05, 0.1) is 6.10 Å². The lowest BCUT2D eigenvalue weighted by atomic mass is 9.78. The molecule has 0 radical (unpaired) electrons. The fraction of sp³-hybridized carbons (Fsp3) is 0.600. The van der Waals surface area contributed by atoms with E-state index in [0.29, 0.717) is 5.54 Å². The van der Waals surface area contributed by atoms with Gasteiger partial charge >= 0.3 is 0 Å². The van der Waals surface area contributed by atoms with E-state index in [1.54, 1.807) is 0 Å². The number of ether oxygens (including phenoxy) is 1. The first kappa shape index (κ1) is 12.4. The Morgan fingerprint density at radius 1 is 1.29 bits per heavy atom. The second-order valence-corrected chi connectivity index (χ2v) is 5.54. The smallest absolute Gasteiger partial charge is 0.124 e. The fourth-order valence-corrected chi connectivity index (χ4v) is 2.21. The lowest BCUT2D eigenvalue weighted by Gasteiger charge is -2.39. The third-order valence-corrected chi connectivity index (χ3v) is 3.50. The summed E-state index contributed by atoms with van der Waals surface area (Å²) in [4.78, 5) is 0. The van der Waals surface area contributed by atoms with Gasteiger partial charge in [-0.3, -0.25) is 0 Å². The van der Waals surface area contributed by atoms with E-state index in [0.717, 1.165) is 12.3 Å². The van der Waals surface area contributed by atoms with Crippen molar-refractivity contribution in [1.29, 1.82) is 0 Å². The maximum absolute atomic E-state index is 5.82. The minimum absolute atomic E-state index is 0.232. The Kier molecular flexibility index (Phi) is 3.72. The van der Waals surface area contributed by atoms with E-state index in [4.69, 9.17) is 4.74 Å². The molecule has 0 bridgehead atoms. The van der Waals surface area contributed by atoms with Gasteiger partial charge in [-0.2, -0.15) is 0 Å². The van der Waals surface area contributed by atoms with Crippen LogP contribution in [0.3, 0.4) is 0 Å². The molecule has 0 heterocycles. The number of para-hydroxylation sites is 1. The van der Waals surface area contributed by atoms with Gasteiger partial charge in [0.2, 0.25) is 0 Å². The molecule has 1 aliphatic rings. The molecule has 1 aromatic carbocycles. The van der Waals surface area contributed by atoms with Crippen molar-refractivity contribution in [3.05, 3.63) is 29.8 Å². The molecule has 1 N–H and O–H groups in total. The number of rotatable bonds is 5. The zero-order valence-corrected chi connectivity index (χ0v) is 11.1. The van der Waals surface area contributed by atoms with Crippen molar-refractivity contribution < 1.29 is 4.74 Å². The third-order valence-electron chi connectivity index (χ3n) is 3.50. The average Bonchev–Trinajstić information content (AvgIpc) is 2.25. The molecule has 0 atom stereocenters. The summed E-state index contributed by atoms with van der Waals surface area (Å²) in [6, 6.07) is 8.31. The van der Waals surface area contributed by atoms with E-state index in [1.807, 2.05) is 6.07 Å². The SMILES string of the molecule is CC(C)Oc1ccccc1CNC1(C)CCC1. The Morgan fingerprint density at radius 3 is 2.59 bits per heavy atom. The molecule has 0 unspecified atom stereocenters. The van der Waals surface area contributed by atoms with Crippen LogP contribution < -0.4 is 10.1 Å². The highest BCUT2D eigenvalue weighted by Crippen LogP contribution is 2.31. The molecule has 1 aliphatic carbocycles. The number of hydrogen-bond donors (Lipinski definition) is 1. The Morgan fingerprint density at radius 2 is 2.00 bits per heavy atom. The van der Waals surface area contributed by atoms with E-state index in [-0.39, 0.29) is 6.10 Å². The molecular weight excluding hydrogens is 210 g/mol. The van der Waals surface area contributed by atoms with Crippen LogP contribution in [0.15, 0.2) is 24.3 Å². The molecule has 17 heavy (non-hydrogen) atoms. The monoisotopic (exact) mass is 233 g/mol. The van der Waals surface area contributed by atoms with Crippen LogP contribution in [0.2, 0.25) is 0 Å². The predicted molar refractivity (Wildman–Crippen MR) is 71.3 cm³/mol.